The first kappa shape index (κ1) is 15.1. The molecule has 0 saturated carbocycles. The van der Waals surface area contributed by atoms with Crippen molar-refractivity contribution >= 4 is 12.0 Å². The number of likely N-dealkylation sites (tertiary alicyclic amines) is 2. The number of aliphatic carboxylic acids is 1. The lowest BCUT2D eigenvalue weighted by atomic mass is 9.99. The number of hydrogen-bond acceptors (Lipinski definition) is 2. The van der Waals surface area contributed by atoms with E-state index in [0.717, 1.165) is 25.8 Å². The highest BCUT2D eigenvalue weighted by Gasteiger charge is 2.39. The van der Waals surface area contributed by atoms with Crippen molar-refractivity contribution in [3.63, 3.8) is 0 Å². The quantitative estimate of drug-likeness (QED) is 0.846. The van der Waals surface area contributed by atoms with Crippen LogP contribution in [0.3, 0.4) is 0 Å². The SMILES string of the molecule is CCC1CCCCCN1C(=O)N1CC(C)C(C(=O)O)C1. The second kappa shape index (κ2) is 6.46. The molecule has 114 valence electrons. The second-order valence-corrected chi connectivity index (χ2v) is 6.21. The molecule has 2 heterocycles. The minimum absolute atomic E-state index is 0.0449. The molecule has 2 saturated heterocycles. The lowest BCUT2D eigenvalue weighted by molar-refractivity contribution is -0.142. The highest BCUT2D eigenvalue weighted by atomic mass is 16.4. The number of nitrogens with zero attached hydrogens (tertiary/aromatic N) is 2. The largest absolute Gasteiger partial charge is 0.481 e. The van der Waals surface area contributed by atoms with E-state index in [1.165, 1.54) is 12.8 Å². The molecule has 0 aromatic heterocycles. The lowest BCUT2D eigenvalue weighted by Gasteiger charge is -2.33. The van der Waals surface area contributed by atoms with Gasteiger partial charge in [-0.1, -0.05) is 26.7 Å². The molecule has 0 spiro atoms. The van der Waals surface area contributed by atoms with Gasteiger partial charge in [-0.15, -0.1) is 0 Å². The number of carbonyl (C=O) groups is 2. The van der Waals surface area contributed by atoms with Crippen LogP contribution in [0.25, 0.3) is 0 Å². The van der Waals surface area contributed by atoms with Crippen LogP contribution in [0.2, 0.25) is 0 Å². The summed E-state index contributed by atoms with van der Waals surface area (Å²) in [7, 11) is 0. The Morgan fingerprint density at radius 3 is 2.55 bits per heavy atom. The fourth-order valence-electron chi connectivity index (χ4n) is 3.48. The second-order valence-electron chi connectivity index (χ2n) is 6.21. The van der Waals surface area contributed by atoms with Crippen LogP contribution in [0.4, 0.5) is 4.79 Å². The van der Waals surface area contributed by atoms with Crippen molar-refractivity contribution in [2.24, 2.45) is 11.8 Å². The summed E-state index contributed by atoms with van der Waals surface area (Å²) < 4.78 is 0. The molecule has 3 unspecified atom stereocenters. The van der Waals surface area contributed by atoms with E-state index in [9.17, 15) is 14.7 Å². The molecule has 3 atom stereocenters. The summed E-state index contributed by atoms with van der Waals surface area (Å²) in [5.41, 5.74) is 0. The monoisotopic (exact) mass is 282 g/mol. The van der Waals surface area contributed by atoms with Crippen LogP contribution in [0.1, 0.15) is 46.0 Å². The molecule has 0 aromatic carbocycles. The summed E-state index contributed by atoms with van der Waals surface area (Å²) in [6.07, 6.45) is 5.50. The molecule has 0 radical (unpaired) electrons. The van der Waals surface area contributed by atoms with Crippen molar-refractivity contribution in [2.45, 2.75) is 52.0 Å². The summed E-state index contributed by atoms with van der Waals surface area (Å²) in [6, 6.07) is 0.374. The Hall–Kier alpha value is -1.26. The number of carboxylic acids is 1. The predicted octanol–water partition coefficient (Wildman–Crippen LogP) is 2.41. The molecule has 0 bridgehead atoms. The highest BCUT2D eigenvalue weighted by Crippen LogP contribution is 2.27. The normalized spacial score (nSPS) is 31.2. The van der Waals surface area contributed by atoms with Gasteiger partial charge in [0, 0.05) is 25.7 Å². The van der Waals surface area contributed by atoms with E-state index in [1.807, 2.05) is 11.8 Å². The zero-order valence-corrected chi connectivity index (χ0v) is 12.5. The summed E-state index contributed by atoms with van der Waals surface area (Å²) in [4.78, 5) is 27.6. The van der Waals surface area contributed by atoms with Gasteiger partial charge in [0.05, 0.1) is 5.92 Å². The highest BCUT2D eigenvalue weighted by molar-refractivity contribution is 5.78. The van der Waals surface area contributed by atoms with Crippen LogP contribution in [0, 0.1) is 11.8 Å². The third-order valence-corrected chi connectivity index (χ3v) is 4.79. The van der Waals surface area contributed by atoms with Crippen LogP contribution in [-0.4, -0.2) is 52.6 Å². The Balaban J connectivity index is 2.04. The zero-order valence-electron chi connectivity index (χ0n) is 12.5. The Kier molecular flexibility index (Phi) is 4.89. The Morgan fingerprint density at radius 2 is 1.95 bits per heavy atom. The predicted molar refractivity (Wildman–Crippen MR) is 76.5 cm³/mol. The van der Waals surface area contributed by atoms with E-state index >= 15 is 0 Å². The molecule has 2 amide bonds. The summed E-state index contributed by atoms with van der Waals surface area (Å²) in [5, 5.41) is 9.19. The number of amides is 2. The van der Waals surface area contributed by atoms with Gasteiger partial charge in [0.15, 0.2) is 0 Å². The van der Waals surface area contributed by atoms with Gasteiger partial charge >= 0.3 is 12.0 Å². The fraction of sp³-hybridized carbons (Fsp3) is 0.867. The van der Waals surface area contributed by atoms with Gasteiger partial charge in [0.25, 0.3) is 0 Å². The molecule has 0 aliphatic carbocycles. The van der Waals surface area contributed by atoms with Crippen LogP contribution >= 0.6 is 0 Å². The van der Waals surface area contributed by atoms with Crippen molar-refractivity contribution in [3.05, 3.63) is 0 Å². The molecule has 2 aliphatic rings. The first-order chi connectivity index (χ1) is 9.54. The first-order valence-electron chi connectivity index (χ1n) is 7.83. The van der Waals surface area contributed by atoms with Gasteiger partial charge in [-0.25, -0.2) is 4.79 Å². The maximum atomic E-state index is 12.7. The van der Waals surface area contributed by atoms with Gasteiger partial charge in [-0.2, -0.15) is 0 Å². The molecule has 5 nitrogen and oxygen atoms in total. The molecular formula is C15H26N2O3. The molecule has 20 heavy (non-hydrogen) atoms. The number of hydrogen-bond donors (Lipinski definition) is 1. The van der Waals surface area contributed by atoms with Crippen LogP contribution < -0.4 is 0 Å². The Morgan fingerprint density at radius 1 is 1.20 bits per heavy atom. The number of rotatable bonds is 2. The van der Waals surface area contributed by atoms with E-state index < -0.39 is 11.9 Å². The Labute approximate surface area is 120 Å². The Bertz CT molecular complexity index is 372. The number of urea groups is 1. The van der Waals surface area contributed by atoms with Crippen molar-refractivity contribution < 1.29 is 14.7 Å². The molecule has 1 N–H and O–H groups in total. The topological polar surface area (TPSA) is 60.9 Å². The van der Waals surface area contributed by atoms with E-state index in [1.54, 1.807) is 4.90 Å². The third-order valence-electron chi connectivity index (χ3n) is 4.79. The average Bonchev–Trinajstić information content (AvgIpc) is 2.67. The van der Waals surface area contributed by atoms with Gasteiger partial charge in [0.1, 0.15) is 0 Å². The smallest absolute Gasteiger partial charge is 0.320 e. The molecule has 5 heteroatoms. The minimum atomic E-state index is -0.782. The standard InChI is InChI=1S/C15H26N2O3/c1-3-12-7-5-4-6-8-17(12)15(20)16-9-11(2)13(10-16)14(18)19/h11-13H,3-10H2,1-2H3,(H,18,19). The van der Waals surface area contributed by atoms with Crippen molar-refractivity contribution in [1.82, 2.24) is 9.80 Å². The van der Waals surface area contributed by atoms with Crippen LogP contribution in [0.15, 0.2) is 0 Å². The number of carbonyl (C=O) groups excluding carboxylic acids is 1. The molecule has 0 aromatic rings. The molecular weight excluding hydrogens is 256 g/mol. The van der Waals surface area contributed by atoms with Gasteiger partial charge in [-0.05, 0) is 25.2 Å². The van der Waals surface area contributed by atoms with E-state index in [-0.39, 0.29) is 11.9 Å². The van der Waals surface area contributed by atoms with Crippen molar-refractivity contribution in [1.29, 1.82) is 0 Å². The summed E-state index contributed by atoms with van der Waals surface area (Å²) in [5.74, 6) is -1.15. The number of carboxylic acid groups (broad SMARTS) is 1. The maximum Gasteiger partial charge on any atom is 0.320 e. The van der Waals surface area contributed by atoms with Crippen LogP contribution in [0.5, 0.6) is 0 Å². The maximum absolute atomic E-state index is 12.7. The molecule has 2 rings (SSSR count). The summed E-state index contributed by atoms with van der Waals surface area (Å²) >= 11 is 0. The van der Waals surface area contributed by atoms with Gasteiger partial charge < -0.3 is 14.9 Å². The van der Waals surface area contributed by atoms with E-state index in [2.05, 4.69) is 6.92 Å². The molecule has 2 aliphatic heterocycles. The average molecular weight is 282 g/mol. The van der Waals surface area contributed by atoms with E-state index in [4.69, 9.17) is 0 Å². The van der Waals surface area contributed by atoms with Gasteiger partial charge in [-0.3, -0.25) is 4.79 Å². The fourth-order valence-corrected chi connectivity index (χ4v) is 3.48. The minimum Gasteiger partial charge on any atom is -0.481 e. The van der Waals surface area contributed by atoms with Crippen molar-refractivity contribution in [3.8, 4) is 0 Å². The first-order valence-corrected chi connectivity index (χ1v) is 7.83. The molecule has 2 fully saturated rings. The summed E-state index contributed by atoms with van der Waals surface area (Å²) in [6.45, 7) is 5.81. The van der Waals surface area contributed by atoms with Crippen molar-refractivity contribution in [2.75, 3.05) is 19.6 Å². The lowest BCUT2D eigenvalue weighted by Crippen LogP contribution is -2.47. The third kappa shape index (κ3) is 3.07. The zero-order chi connectivity index (χ0) is 14.7. The van der Waals surface area contributed by atoms with Gasteiger partial charge in [0.2, 0.25) is 0 Å². The van der Waals surface area contributed by atoms with Crippen LogP contribution in [-0.2, 0) is 4.79 Å². The van der Waals surface area contributed by atoms with E-state index in [0.29, 0.717) is 19.1 Å².